The van der Waals surface area contributed by atoms with Crippen molar-refractivity contribution >= 4 is 35.1 Å². The average Bonchev–Trinajstić information content (AvgIpc) is 3.11. The van der Waals surface area contributed by atoms with Crippen LogP contribution in [0.2, 0.25) is 0 Å². The molecule has 0 bridgehead atoms. The minimum Gasteiger partial charge on any atom is -0.486 e. The first kappa shape index (κ1) is 24.0. The van der Waals surface area contributed by atoms with E-state index in [1.807, 2.05) is 49.6 Å². The van der Waals surface area contributed by atoms with E-state index >= 15 is 0 Å². The lowest BCUT2D eigenvalue weighted by molar-refractivity contribution is -0.115. The molecule has 1 aromatic heterocycles. The van der Waals surface area contributed by atoms with Gasteiger partial charge in [0.15, 0.2) is 5.82 Å². The topological polar surface area (TPSA) is 95.1 Å². The van der Waals surface area contributed by atoms with Crippen LogP contribution in [-0.2, 0) is 16.8 Å². The van der Waals surface area contributed by atoms with E-state index < -0.39 is 5.25 Å². The number of hydrogen-bond acceptors (Lipinski definition) is 7. The SMILES string of the molecule is CSc1ccccc1NC(=O)C(C)Sc1nnc(COc2ccc(C(C)(C)C)cc2)n1N. The Bertz CT molecular complexity index is 1060. The normalized spacial score (nSPS) is 12.4. The maximum atomic E-state index is 12.6. The van der Waals surface area contributed by atoms with Crippen LogP contribution in [0.1, 0.15) is 39.1 Å². The van der Waals surface area contributed by atoms with Crippen LogP contribution in [0.4, 0.5) is 5.69 Å². The lowest BCUT2D eigenvalue weighted by atomic mass is 9.87. The third-order valence-corrected chi connectivity index (χ3v) is 6.69. The van der Waals surface area contributed by atoms with Crippen molar-refractivity contribution in [1.82, 2.24) is 14.9 Å². The van der Waals surface area contributed by atoms with Crippen molar-refractivity contribution in [3.8, 4) is 5.75 Å². The first-order chi connectivity index (χ1) is 15.2. The van der Waals surface area contributed by atoms with Crippen LogP contribution in [0.25, 0.3) is 0 Å². The number of ether oxygens (including phenoxy) is 1. The van der Waals surface area contributed by atoms with Gasteiger partial charge in [-0.2, -0.15) is 0 Å². The lowest BCUT2D eigenvalue weighted by Gasteiger charge is -2.19. The zero-order valence-electron chi connectivity index (χ0n) is 19.0. The third kappa shape index (κ3) is 5.98. The highest BCUT2D eigenvalue weighted by atomic mass is 32.2. The second-order valence-corrected chi connectivity index (χ2v) is 10.4. The molecule has 0 saturated heterocycles. The summed E-state index contributed by atoms with van der Waals surface area (Å²) in [7, 11) is 0. The Morgan fingerprint density at radius 2 is 1.84 bits per heavy atom. The predicted molar refractivity (Wildman–Crippen MR) is 132 cm³/mol. The van der Waals surface area contributed by atoms with Gasteiger partial charge in [-0.1, -0.05) is 56.8 Å². The Hall–Kier alpha value is -2.65. The molecule has 0 aliphatic carbocycles. The Morgan fingerprint density at radius 3 is 2.50 bits per heavy atom. The van der Waals surface area contributed by atoms with E-state index in [1.165, 1.54) is 22.0 Å². The van der Waals surface area contributed by atoms with Crippen LogP contribution in [0.3, 0.4) is 0 Å². The molecule has 0 aliphatic heterocycles. The molecule has 3 N–H and O–H groups in total. The number of carbonyl (C=O) groups excluding carboxylic acids is 1. The second kappa shape index (κ2) is 10.3. The van der Waals surface area contributed by atoms with Gasteiger partial charge in [0.05, 0.1) is 10.9 Å². The van der Waals surface area contributed by atoms with Crippen molar-refractivity contribution < 1.29 is 9.53 Å². The Balaban J connectivity index is 1.58. The fourth-order valence-corrected chi connectivity index (χ4v) is 4.22. The number of nitrogens with two attached hydrogens (primary N) is 1. The Kier molecular flexibility index (Phi) is 7.73. The number of aromatic nitrogens is 3. The van der Waals surface area contributed by atoms with Gasteiger partial charge >= 0.3 is 0 Å². The van der Waals surface area contributed by atoms with Gasteiger partial charge in [0.2, 0.25) is 11.1 Å². The Morgan fingerprint density at radius 1 is 1.16 bits per heavy atom. The van der Waals surface area contributed by atoms with E-state index in [0.29, 0.717) is 11.0 Å². The number of carbonyl (C=O) groups is 1. The number of anilines is 1. The molecule has 0 spiro atoms. The summed E-state index contributed by atoms with van der Waals surface area (Å²) in [6.45, 7) is 8.50. The molecule has 3 rings (SSSR count). The first-order valence-corrected chi connectivity index (χ1v) is 12.3. The van der Waals surface area contributed by atoms with Crippen LogP contribution in [0.5, 0.6) is 5.75 Å². The molecular weight excluding hydrogens is 442 g/mol. The molecule has 170 valence electrons. The molecule has 0 aliphatic rings. The quantitative estimate of drug-likeness (QED) is 0.363. The molecule has 3 aromatic rings. The molecule has 32 heavy (non-hydrogen) atoms. The standard InChI is InChI=1S/C23H29N5O2S2/c1-15(21(29)25-18-8-6-7-9-19(18)31-5)32-22-27-26-20(28(22)24)14-30-17-12-10-16(11-13-17)23(2,3)4/h6-13,15H,14,24H2,1-5H3,(H,25,29). The monoisotopic (exact) mass is 471 g/mol. The van der Waals surface area contributed by atoms with Crippen molar-refractivity contribution in [1.29, 1.82) is 0 Å². The number of benzene rings is 2. The summed E-state index contributed by atoms with van der Waals surface area (Å²) in [6, 6.07) is 15.7. The van der Waals surface area contributed by atoms with Gasteiger partial charge in [0, 0.05) is 4.90 Å². The molecular formula is C23H29N5O2S2. The second-order valence-electron chi connectivity index (χ2n) is 8.28. The van der Waals surface area contributed by atoms with Gasteiger partial charge in [0.1, 0.15) is 12.4 Å². The third-order valence-electron chi connectivity index (χ3n) is 4.84. The number of nitrogens with one attached hydrogen (secondary N) is 1. The van der Waals surface area contributed by atoms with Crippen LogP contribution in [0, 0.1) is 0 Å². The van der Waals surface area contributed by atoms with E-state index in [4.69, 9.17) is 10.6 Å². The molecule has 0 saturated carbocycles. The average molecular weight is 472 g/mol. The first-order valence-electron chi connectivity index (χ1n) is 10.2. The van der Waals surface area contributed by atoms with Gasteiger partial charge in [-0.25, -0.2) is 4.68 Å². The predicted octanol–water partition coefficient (Wildman–Crippen LogP) is 4.71. The fourth-order valence-electron chi connectivity index (χ4n) is 2.88. The molecule has 0 fully saturated rings. The number of thioether (sulfide) groups is 2. The summed E-state index contributed by atoms with van der Waals surface area (Å²) >= 11 is 2.83. The zero-order valence-corrected chi connectivity index (χ0v) is 20.6. The molecule has 1 atom stereocenters. The summed E-state index contributed by atoms with van der Waals surface area (Å²) in [6.07, 6.45) is 1.97. The Labute approximate surface area is 197 Å². The smallest absolute Gasteiger partial charge is 0.237 e. The molecule has 1 amide bonds. The summed E-state index contributed by atoms with van der Waals surface area (Å²) in [4.78, 5) is 13.7. The molecule has 9 heteroatoms. The largest absolute Gasteiger partial charge is 0.486 e. The summed E-state index contributed by atoms with van der Waals surface area (Å²) in [5.74, 6) is 7.23. The summed E-state index contributed by atoms with van der Waals surface area (Å²) < 4.78 is 7.19. The number of para-hydroxylation sites is 1. The lowest BCUT2D eigenvalue weighted by Crippen LogP contribution is -2.24. The molecule has 7 nitrogen and oxygen atoms in total. The minimum absolute atomic E-state index is 0.0858. The zero-order chi connectivity index (χ0) is 23.3. The van der Waals surface area contributed by atoms with E-state index in [0.717, 1.165) is 16.3 Å². The van der Waals surface area contributed by atoms with Gasteiger partial charge < -0.3 is 15.9 Å². The van der Waals surface area contributed by atoms with Crippen molar-refractivity contribution in [3.05, 3.63) is 59.9 Å². The molecule has 1 unspecified atom stereocenters. The molecule has 0 radical (unpaired) electrons. The number of rotatable bonds is 8. The van der Waals surface area contributed by atoms with Gasteiger partial charge in [0.25, 0.3) is 0 Å². The summed E-state index contributed by atoms with van der Waals surface area (Å²) in [5, 5.41) is 11.3. The minimum atomic E-state index is -0.407. The van der Waals surface area contributed by atoms with Crippen molar-refractivity contribution in [3.63, 3.8) is 0 Å². The highest BCUT2D eigenvalue weighted by Gasteiger charge is 2.20. The van der Waals surface area contributed by atoms with Crippen LogP contribution < -0.4 is 15.9 Å². The highest BCUT2D eigenvalue weighted by molar-refractivity contribution is 8.00. The van der Waals surface area contributed by atoms with Gasteiger partial charge in [-0.15, -0.1) is 22.0 Å². The van der Waals surface area contributed by atoms with Gasteiger partial charge in [-0.05, 0) is 48.4 Å². The number of amides is 1. The maximum absolute atomic E-state index is 12.6. The van der Waals surface area contributed by atoms with Crippen LogP contribution in [-0.4, -0.2) is 32.3 Å². The van der Waals surface area contributed by atoms with Crippen molar-refractivity contribution in [2.45, 2.75) is 55.0 Å². The van der Waals surface area contributed by atoms with E-state index in [-0.39, 0.29) is 17.9 Å². The van der Waals surface area contributed by atoms with E-state index in [2.05, 4.69) is 48.4 Å². The highest BCUT2D eigenvalue weighted by Crippen LogP contribution is 2.27. The van der Waals surface area contributed by atoms with Gasteiger partial charge in [-0.3, -0.25) is 4.79 Å². The maximum Gasteiger partial charge on any atom is 0.237 e. The van der Waals surface area contributed by atoms with E-state index in [9.17, 15) is 4.79 Å². The number of nitrogens with zero attached hydrogens (tertiary/aromatic N) is 3. The van der Waals surface area contributed by atoms with Crippen LogP contribution >= 0.6 is 23.5 Å². The van der Waals surface area contributed by atoms with E-state index in [1.54, 1.807) is 11.8 Å². The molecule has 1 heterocycles. The molecule has 2 aromatic carbocycles. The number of nitrogen functional groups attached to an aromatic ring is 1. The van der Waals surface area contributed by atoms with Crippen molar-refractivity contribution in [2.75, 3.05) is 17.4 Å². The summed E-state index contributed by atoms with van der Waals surface area (Å²) in [5.41, 5.74) is 2.11. The fraction of sp³-hybridized carbons (Fsp3) is 0.348. The van der Waals surface area contributed by atoms with Crippen molar-refractivity contribution in [2.24, 2.45) is 0 Å². The number of hydrogen-bond donors (Lipinski definition) is 2. The van der Waals surface area contributed by atoms with Crippen LogP contribution in [0.15, 0.2) is 58.6 Å².